The maximum Gasteiger partial charge on any atom is 0.409 e. The van der Waals surface area contributed by atoms with Crippen LogP contribution in [0.3, 0.4) is 0 Å². The molecule has 4 bridgehead atoms. The van der Waals surface area contributed by atoms with Gasteiger partial charge in [0.15, 0.2) is 0 Å². The lowest BCUT2D eigenvalue weighted by Crippen LogP contribution is -2.60. The molecule has 3 aliphatic rings. The number of anilines is 1. The molecule has 2 saturated heterocycles. The van der Waals surface area contributed by atoms with Gasteiger partial charge in [-0.2, -0.15) is 0 Å². The highest BCUT2D eigenvalue weighted by atomic mass is 16.7. The number of amides is 3. The molecular weight excluding hydrogens is 578 g/mol. The van der Waals surface area contributed by atoms with Crippen LogP contribution in [0.2, 0.25) is 0 Å². The number of nitrogens with zero attached hydrogens (tertiary/aromatic N) is 2. The van der Waals surface area contributed by atoms with Gasteiger partial charge in [-0.25, -0.2) is 9.59 Å². The highest BCUT2D eigenvalue weighted by Gasteiger charge is 2.64. The fourth-order valence-electron chi connectivity index (χ4n) is 6.19. The lowest BCUT2D eigenvalue weighted by atomic mass is 9.82. The van der Waals surface area contributed by atoms with Crippen molar-refractivity contribution in [1.29, 1.82) is 0 Å². The number of benzene rings is 1. The van der Waals surface area contributed by atoms with E-state index in [0.29, 0.717) is 12.1 Å². The summed E-state index contributed by atoms with van der Waals surface area (Å²) in [6, 6.07) is 5.07. The first-order valence-electron chi connectivity index (χ1n) is 15.5. The quantitative estimate of drug-likeness (QED) is 0.382. The summed E-state index contributed by atoms with van der Waals surface area (Å²) in [7, 11) is 3.20. The normalized spacial score (nSPS) is 34.7. The molecule has 8 atom stereocenters. The van der Waals surface area contributed by atoms with Crippen molar-refractivity contribution in [1.82, 2.24) is 10.2 Å². The van der Waals surface area contributed by atoms with Crippen LogP contribution in [-0.4, -0.2) is 83.7 Å². The largest absolute Gasteiger partial charge is 0.457 e. The standard InChI is InChI=1S/C34H47N3O8/c1-19-11-10-12-21(3)34(42)18-27(43-32(41)35-34)22(4)30-33(7,45-30)28(44-31(40)23(5)36(8)24(6)38)17-29(39)37(9)26-15-20(2)14-25(13-19)16-26/h10-12,14-16,21-23,27-28,30,42H,13,17-18H2,1-9H3,(H,35,41)/b12-10+,19-11+. The minimum atomic E-state index is -1.57. The molecule has 246 valence electrons. The number of carbonyl (C=O) groups is 4. The fourth-order valence-corrected chi connectivity index (χ4v) is 6.19. The van der Waals surface area contributed by atoms with E-state index in [2.05, 4.69) is 11.4 Å². The van der Waals surface area contributed by atoms with Gasteiger partial charge in [-0.3, -0.25) is 14.9 Å². The van der Waals surface area contributed by atoms with Crippen molar-refractivity contribution in [2.24, 2.45) is 11.8 Å². The molecule has 2 fully saturated rings. The number of carbonyl (C=O) groups excluding carboxylic acids is 4. The predicted octanol–water partition coefficient (Wildman–Crippen LogP) is 3.80. The van der Waals surface area contributed by atoms with Crippen LogP contribution in [0.1, 0.15) is 65.5 Å². The van der Waals surface area contributed by atoms with Gasteiger partial charge < -0.3 is 29.1 Å². The van der Waals surface area contributed by atoms with E-state index in [1.54, 1.807) is 25.8 Å². The molecule has 0 saturated carbocycles. The molecule has 0 spiro atoms. The van der Waals surface area contributed by atoms with Gasteiger partial charge in [0.05, 0.1) is 12.5 Å². The summed E-state index contributed by atoms with van der Waals surface area (Å²) in [5, 5.41) is 14.1. The Morgan fingerprint density at radius 2 is 1.89 bits per heavy atom. The van der Waals surface area contributed by atoms with Gasteiger partial charge in [-0.1, -0.05) is 43.7 Å². The van der Waals surface area contributed by atoms with E-state index >= 15 is 0 Å². The van der Waals surface area contributed by atoms with Crippen molar-refractivity contribution in [2.45, 2.75) is 103 Å². The first-order valence-corrected chi connectivity index (χ1v) is 15.5. The third kappa shape index (κ3) is 7.41. The zero-order valence-electron chi connectivity index (χ0n) is 27.7. The Labute approximate surface area is 265 Å². The molecule has 3 aliphatic heterocycles. The molecule has 1 aromatic carbocycles. The third-order valence-corrected chi connectivity index (χ3v) is 9.62. The van der Waals surface area contributed by atoms with Gasteiger partial charge in [0.2, 0.25) is 11.8 Å². The molecule has 4 rings (SSSR count). The highest BCUT2D eigenvalue weighted by Crippen LogP contribution is 2.49. The Hall–Kier alpha value is -3.70. The Kier molecular flexibility index (Phi) is 9.84. The number of hydrogen-bond donors (Lipinski definition) is 2. The number of epoxide rings is 1. The van der Waals surface area contributed by atoms with Gasteiger partial charge in [0.1, 0.15) is 29.6 Å². The van der Waals surface area contributed by atoms with Crippen LogP contribution < -0.4 is 10.2 Å². The number of rotatable bonds is 3. The summed E-state index contributed by atoms with van der Waals surface area (Å²) in [4.78, 5) is 54.5. The average molecular weight is 626 g/mol. The van der Waals surface area contributed by atoms with Crippen LogP contribution in [0.4, 0.5) is 10.5 Å². The van der Waals surface area contributed by atoms with E-state index in [9.17, 15) is 24.3 Å². The second-order valence-electron chi connectivity index (χ2n) is 13.2. The molecular formula is C34H47N3O8. The summed E-state index contributed by atoms with van der Waals surface area (Å²) in [5.74, 6) is -2.12. The minimum Gasteiger partial charge on any atom is -0.457 e. The number of allylic oxidation sites excluding steroid dienone is 3. The summed E-state index contributed by atoms with van der Waals surface area (Å²) in [5.41, 5.74) is 1.13. The average Bonchev–Trinajstić information content (AvgIpc) is 3.65. The maximum atomic E-state index is 13.8. The lowest BCUT2D eigenvalue weighted by Gasteiger charge is -2.41. The maximum absolute atomic E-state index is 13.8. The SMILES string of the molecule is CC(=O)N(C)C(C)C(=O)OC1CC(=O)N(C)c2cc(C)cc(c2)C/C(C)=C/C=C/C(C)C2(O)CC(OC(=O)N2)C(C)C2OC12C. The van der Waals surface area contributed by atoms with Crippen molar-refractivity contribution in [3.05, 3.63) is 53.1 Å². The molecule has 2 N–H and O–H groups in total. The van der Waals surface area contributed by atoms with Crippen molar-refractivity contribution in [3.63, 3.8) is 0 Å². The zero-order chi connectivity index (χ0) is 33.4. The van der Waals surface area contributed by atoms with Gasteiger partial charge in [-0.05, 0) is 57.4 Å². The van der Waals surface area contributed by atoms with Crippen molar-refractivity contribution in [2.75, 3.05) is 19.0 Å². The van der Waals surface area contributed by atoms with E-state index in [1.165, 1.54) is 18.9 Å². The summed E-state index contributed by atoms with van der Waals surface area (Å²) in [6.45, 7) is 12.3. The monoisotopic (exact) mass is 625 g/mol. The predicted molar refractivity (Wildman–Crippen MR) is 168 cm³/mol. The van der Waals surface area contributed by atoms with Gasteiger partial charge in [0, 0.05) is 45.0 Å². The van der Waals surface area contributed by atoms with Crippen molar-refractivity contribution in [3.8, 4) is 0 Å². The van der Waals surface area contributed by atoms with Crippen LogP contribution >= 0.6 is 0 Å². The summed E-state index contributed by atoms with van der Waals surface area (Å²) >= 11 is 0. The second kappa shape index (κ2) is 13.0. The van der Waals surface area contributed by atoms with Crippen LogP contribution in [0.25, 0.3) is 0 Å². The van der Waals surface area contributed by atoms with E-state index in [-0.39, 0.29) is 24.7 Å². The second-order valence-corrected chi connectivity index (χ2v) is 13.2. The topological polar surface area (TPSA) is 138 Å². The van der Waals surface area contributed by atoms with Gasteiger partial charge >= 0.3 is 12.1 Å². The zero-order valence-corrected chi connectivity index (χ0v) is 27.7. The van der Waals surface area contributed by atoms with Crippen LogP contribution in [0.5, 0.6) is 0 Å². The number of ether oxygens (including phenoxy) is 3. The molecule has 3 heterocycles. The summed E-state index contributed by atoms with van der Waals surface area (Å²) < 4.78 is 17.8. The Bertz CT molecular complexity index is 1410. The van der Waals surface area contributed by atoms with E-state index in [4.69, 9.17) is 14.2 Å². The number of aliphatic hydroxyl groups is 1. The van der Waals surface area contributed by atoms with E-state index in [0.717, 1.165) is 16.7 Å². The third-order valence-electron chi connectivity index (χ3n) is 9.62. The molecule has 0 aromatic heterocycles. The highest BCUT2D eigenvalue weighted by molar-refractivity contribution is 5.93. The molecule has 45 heavy (non-hydrogen) atoms. The molecule has 0 radical (unpaired) electrons. The van der Waals surface area contributed by atoms with Crippen LogP contribution in [0, 0.1) is 18.8 Å². The lowest BCUT2D eigenvalue weighted by molar-refractivity contribution is -0.161. The Morgan fingerprint density at radius 3 is 2.56 bits per heavy atom. The van der Waals surface area contributed by atoms with Crippen molar-refractivity contribution < 1.29 is 38.5 Å². The molecule has 8 unspecified atom stereocenters. The van der Waals surface area contributed by atoms with Gasteiger partial charge in [0.25, 0.3) is 0 Å². The number of fused-ring (bicyclic) bond motifs is 5. The Morgan fingerprint density at radius 1 is 1.20 bits per heavy atom. The molecule has 0 aliphatic carbocycles. The number of alkyl carbamates (subject to hydrolysis) is 1. The van der Waals surface area contributed by atoms with Crippen LogP contribution in [-0.2, 0) is 35.0 Å². The molecule has 1 aromatic rings. The van der Waals surface area contributed by atoms with Crippen molar-refractivity contribution >= 4 is 29.6 Å². The van der Waals surface area contributed by atoms with Gasteiger partial charge in [-0.15, -0.1) is 0 Å². The minimum absolute atomic E-state index is 0.0989. The Balaban J connectivity index is 1.74. The van der Waals surface area contributed by atoms with E-state index in [1.807, 2.05) is 58.1 Å². The number of nitrogens with one attached hydrogen (secondary N) is 1. The molecule has 3 amide bonds. The molecule has 11 nitrogen and oxygen atoms in total. The first-order chi connectivity index (χ1) is 20.9. The number of hydrogen-bond acceptors (Lipinski definition) is 8. The first kappa shape index (κ1) is 34.2. The smallest absolute Gasteiger partial charge is 0.409 e. The number of aryl methyl sites for hydroxylation is 1. The fraction of sp³-hybridized carbons (Fsp3) is 0.588. The van der Waals surface area contributed by atoms with Crippen LogP contribution in [0.15, 0.2) is 42.0 Å². The number of esters is 1. The molecule has 11 heteroatoms. The van der Waals surface area contributed by atoms with E-state index < -0.39 is 59.6 Å². The number of likely N-dealkylation sites (N-methyl/N-ethyl adjacent to an activating group) is 1. The summed E-state index contributed by atoms with van der Waals surface area (Å²) in [6.07, 6.45) is 3.24.